The van der Waals surface area contributed by atoms with Crippen LogP contribution in [0.15, 0.2) is 0 Å². The fourth-order valence-corrected chi connectivity index (χ4v) is 2.87. The quantitative estimate of drug-likeness (QED) is 0.765. The summed E-state index contributed by atoms with van der Waals surface area (Å²) in [4.78, 5) is 30.3. The Morgan fingerprint density at radius 2 is 1.55 bits per heavy atom. The molecule has 2 heterocycles. The fraction of sp³-hybridized carbons (Fsp3) is 0.867. The monoisotopic (exact) mass is 281 g/mol. The molecule has 0 N–H and O–H groups in total. The van der Waals surface area contributed by atoms with E-state index in [1.165, 1.54) is 0 Å². The van der Waals surface area contributed by atoms with Gasteiger partial charge in [0.2, 0.25) is 11.8 Å². The minimum Gasteiger partial charge on any atom is -0.342 e. The van der Waals surface area contributed by atoms with Gasteiger partial charge in [-0.2, -0.15) is 0 Å². The molecule has 2 aliphatic heterocycles. The molecule has 5 nitrogen and oxygen atoms in total. The summed E-state index contributed by atoms with van der Waals surface area (Å²) in [6.45, 7) is 9.57. The summed E-state index contributed by atoms with van der Waals surface area (Å²) in [6, 6.07) is 0. The summed E-state index contributed by atoms with van der Waals surface area (Å²) in [5, 5.41) is 0. The van der Waals surface area contributed by atoms with E-state index in [9.17, 15) is 9.59 Å². The number of carbonyl (C=O) groups is 2. The van der Waals surface area contributed by atoms with Gasteiger partial charge in [-0.15, -0.1) is 0 Å². The summed E-state index contributed by atoms with van der Waals surface area (Å²) >= 11 is 0. The lowest BCUT2D eigenvalue weighted by atomic mass is 10.1. The number of nitrogens with zero attached hydrogens (tertiary/aromatic N) is 3. The van der Waals surface area contributed by atoms with Crippen LogP contribution < -0.4 is 0 Å². The number of hydrogen-bond donors (Lipinski definition) is 0. The molecule has 0 aromatic heterocycles. The highest BCUT2D eigenvalue weighted by Crippen LogP contribution is 2.12. The number of piperazine rings is 1. The van der Waals surface area contributed by atoms with Gasteiger partial charge in [-0.1, -0.05) is 13.8 Å². The summed E-state index contributed by atoms with van der Waals surface area (Å²) < 4.78 is 0. The lowest BCUT2D eigenvalue weighted by Crippen LogP contribution is -2.52. The van der Waals surface area contributed by atoms with E-state index in [4.69, 9.17) is 0 Å². The maximum Gasteiger partial charge on any atom is 0.236 e. The van der Waals surface area contributed by atoms with Crippen molar-refractivity contribution in [1.82, 2.24) is 14.7 Å². The predicted octanol–water partition coefficient (Wildman–Crippen LogP) is 0.799. The van der Waals surface area contributed by atoms with Gasteiger partial charge in [0, 0.05) is 45.2 Å². The molecule has 2 aliphatic rings. The van der Waals surface area contributed by atoms with Crippen molar-refractivity contribution in [2.75, 3.05) is 45.8 Å². The predicted molar refractivity (Wildman–Crippen MR) is 78.3 cm³/mol. The summed E-state index contributed by atoms with van der Waals surface area (Å²) in [5.41, 5.74) is 0. The second-order valence-corrected chi connectivity index (χ2v) is 6.00. The summed E-state index contributed by atoms with van der Waals surface area (Å²) in [5.74, 6) is 0.634. The lowest BCUT2D eigenvalue weighted by Gasteiger charge is -2.36. The third kappa shape index (κ3) is 3.72. The Morgan fingerprint density at radius 1 is 0.950 bits per heavy atom. The van der Waals surface area contributed by atoms with E-state index in [1.807, 2.05) is 23.6 Å². The average molecular weight is 281 g/mol. The molecule has 114 valence electrons. The van der Waals surface area contributed by atoms with Crippen LogP contribution in [0.4, 0.5) is 0 Å². The van der Waals surface area contributed by atoms with Crippen molar-refractivity contribution in [3.63, 3.8) is 0 Å². The molecule has 1 atom stereocenters. The zero-order valence-electron chi connectivity index (χ0n) is 12.8. The zero-order chi connectivity index (χ0) is 14.5. The fourth-order valence-electron chi connectivity index (χ4n) is 2.87. The SMILES string of the molecule is CCC(C)C(=O)N1CCN(CC(=O)N2CCCC2)CC1. The standard InChI is InChI=1S/C15H27N3O2/c1-3-13(2)15(20)18-10-8-16(9-11-18)12-14(19)17-6-4-5-7-17/h13H,3-12H2,1-2H3. The minimum absolute atomic E-state index is 0.118. The summed E-state index contributed by atoms with van der Waals surface area (Å²) in [7, 11) is 0. The molecule has 0 bridgehead atoms. The molecule has 20 heavy (non-hydrogen) atoms. The highest BCUT2D eigenvalue weighted by atomic mass is 16.2. The topological polar surface area (TPSA) is 43.9 Å². The third-order valence-electron chi connectivity index (χ3n) is 4.54. The lowest BCUT2D eigenvalue weighted by molar-refractivity contribution is -0.137. The van der Waals surface area contributed by atoms with Gasteiger partial charge in [0.15, 0.2) is 0 Å². The molecular formula is C15H27N3O2. The van der Waals surface area contributed by atoms with Gasteiger partial charge in [-0.05, 0) is 19.3 Å². The van der Waals surface area contributed by atoms with Gasteiger partial charge in [0.25, 0.3) is 0 Å². The second kappa shape index (κ2) is 7.07. The third-order valence-corrected chi connectivity index (χ3v) is 4.54. The van der Waals surface area contributed by atoms with Crippen LogP contribution in [-0.4, -0.2) is 72.3 Å². The Bertz CT molecular complexity index is 345. The normalized spacial score (nSPS) is 22.1. The average Bonchev–Trinajstić information content (AvgIpc) is 3.01. The molecule has 2 amide bonds. The molecule has 0 aromatic rings. The second-order valence-electron chi connectivity index (χ2n) is 6.00. The number of carbonyl (C=O) groups excluding carboxylic acids is 2. The van der Waals surface area contributed by atoms with Crippen LogP contribution in [-0.2, 0) is 9.59 Å². The first-order valence-corrected chi connectivity index (χ1v) is 7.90. The zero-order valence-corrected chi connectivity index (χ0v) is 12.8. The van der Waals surface area contributed by atoms with Crippen molar-refractivity contribution in [3.05, 3.63) is 0 Å². The van der Waals surface area contributed by atoms with Crippen LogP contribution >= 0.6 is 0 Å². The van der Waals surface area contributed by atoms with Gasteiger partial charge in [-0.25, -0.2) is 0 Å². The smallest absolute Gasteiger partial charge is 0.236 e. The van der Waals surface area contributed by atoms with Crippen molar-refractivity contribution in [2.45, 2.75) is 33.1 Å². The maximum atomic E-state index is 12.1. The van der Waals surface area contributed by atoms with Crippen molar-refractivity contribution in [3.8, 4) is 0 Å². The van der Waals surface area contributed by atoms with Gasteiger partial charge in [-0.3, -0.25) is 14.5 Å². The van der Waals surface area contributed by atoms with E-state index in [1.54, 1.807) is 0 Å². The van der Waals surface area contributed by atoms with Gasteiger partial charge in [0.1, 0.15) is 0 Å². The Kier molecular flexibility index (Phi) is 5.40. The van der Waals surface area contributed by atoms with Crippen LogP contribution in [0.25, 0.3) is 0 Å². The molecular weight excluding hydrogens is 254 g/mol. The van der Waals surface area contributed by atoms with Crippen molar-refractivity contribution >= 4 is 11.8 Å². The van der Waals surface area contributed by atoms with E-state index < -0.39 is 0 Å². The van der Waals surface area contributed by atoms with Gasteiger partial charge < -0.3 is 9.80 Å². The molecule has 1 unspecified atom stereocenters. The number of amides is 2. The molecule has 2 saturated heterocycles. The molecule has 0 spiro atoms. The van der Waals surface area contributed by atoms with E-state index in [2.05, 4.69) is 4.90 Å². The maximum absolute atomic E-state index is 12.1. The molecule has 5 heteroatoms. The molecule has 0 aromatic carbocycles. The van der Waals surface area contributed by atoms with Crippen LogP contribution in [0.5, 0.6) is 0 Å². The van der Waals surface area contributed by atoms with Crippen LogP contribution in [0.2, 0.25) is 0 Å². The van der Waals surface area contributed by atoms with Crippen LogP contribution in [0.1, 0.15) is 33.1 Å². The van der Waals surface area contributed by atoms with Gasteiger partial charge >= 0.3 is 0 Å². The molecule has 2 fully saturated rings. The van der Waals surface area contributed by atoms with Crippen molar-refractivity contribution in [2.24, 2.45) is 5.92 Å². The Hall–Kier alpha value is -1.10. The number of hydrogen-bond acceptors (Lipinski definition) is 3. The Morgan fingerprint density at radius 3 is 2.10 bits per heavy atom. The number of likely N-dealkylation sites (tertiary alicyclic amines) is 1. The first kappa shape index (κ1) is 15.3. The molecule has 0 aliphatic carbocycles. The van der Waals surface area contributed by atoms with Crippen LogP contribution in [0.3, 0.4) is 0 Å². The van der Waals surface area contributed by atoms with E-state index in [0.29, 0.717) is 6.54 Å². The number of rotatable bonds is 4. The van der Waals surface area contributed by atoms with Crippen molar-refractivity contribution < 1.29 is 9.59 Å². The first-order chi connectivity index (χ1) is 9.61. The van der Waals surface area contributed by atoms with Crippen molar-refractivity contribution in [1.29, 1.82) is 0 Å². The van der Waals surface area contributed by atoms with Crippen LogP contribution in [0, 0.1) is 5.92 Å². The molecule has 0 radical (unpaired) electrons. The largest absolute Gasteiger partial charge is 0.342 e. The summed E-state index contributed by atoms with van der Waals surface area (Å²) in [6.07, 6.45) is 3.18. The first-order valence-electron chi connectivity index (χ1n) is 7.90. The van der Waals surface area contributed by atoms with Gasteiger partial charge in [0.05, 0.1) is 6.54 Å². The van der Waals surface area contributed by atoms with E-state index >= 15 is 0 Å². The van der Waals surface area contributed by atoms with E-state index in [-0.39, 0.29) is 17.7 Å². The highest BCUT2D eigenvalue weighted by molar-refractivity contribution is 5.79. The Labute approximate surface area is 121 Å². The van der Waals surface area contributed by atoms with E-state index in [0.717, 1.165) is 58.5 Å². The molecule has 0 saturated carbocycles. The minimum atomic E-state index is 0.118. The Balaban J connectivity index is 1.73. The molecule has 2 rings (SSSR count). The highest BCUT2D eigenvalue weighted by Gasteiger charge is 2.26.